The number of carboxylic acid groups (broad SMARTS) is 1. The highest BCUT2D eigenvalue weighted by Crippen LogP contribution is 2.46. The molecule has 0 saturated heterocycles. The topological polar surface area (TPSA) is 46.5 Å². The lowest BCUT2D eigenvalue weighted by molar-refractivity contribution is -0.137. The number of benzene rings is 1. The van der Waals surface area contributed by atoms with Crippen LogP contribution in [0.1, 0.15) is 41.9 Å². The lowest BCUT2D eigenvalue weighted by Crippen LogP contribution is -2.10. The molecular weight excluding hydrogens is 216 g/mol. The van der Waals surface area contributed by atoms with Crippen molar-refractivity contribution in [1.29, 1.82) is 0 Å². The van der Waals surface area contributed by atoms with Crippen molar-refractivity contribution in [2.45, 2.75) is 38.4 Å². The zero-order chi connectivity index (χ0) is 11.8. The van der Waals surface area contributed by atoms with Crippen LogP contribution in [0.25, 0.3) is 0 Å². The molecule has 1 saturated carbocycles. The Morgan fingerprint density at radius 1 is 1.41 bits per heavy atom. The summed E-state index contributed by atoms with van der Waals surface area (Å²) >= 11 is 0. The predicted molar refractivity (Wildman–Crippen MR) is 62.7 cm³/mol. The molecule has 1 fully saturated rings. The first-order chi connectivity index (χ1) is 8.25. The average molecular weight is 232 g/mol. The van der Waals surface area contributed by atoms with Gasteiger partial charge in [0, 0.05) is 0 Å². The van der Waals surface area contributed by atoms with Crippen LogP contribution in [0, 0.1) is 5.92 Å². The molecule has 3 nitrogen and oxygen atoms in total. The van der Waals surface area contributed by atoms with Crippen molar-refractivity contribution >= 4 is 5.97 Å². The fourth-order valence-electron chi connectivity index (χ4n) is 2.79. The summed E-state index contributed by atoms with van der Waals surface area (Å²) in [6, 6.07) is 6.19. The lowest BCUT2D eigenvalue weighted by atomic mass is 9.86. The van der Waals surface area contributed by atoms with E-state index in [2.05, 4.69) is 12.1 Å². The van der Waals surface area contributed by atoms with E-state index in [0.717, 1.165) is 0 Å². The largest absolute Gasteiger partial charge is 0.481 e. The summed E-state index contributed by atoms with van der Waals surface area (Å²) in [6.45, 7) is 1.32. The number of carbonyl (C=O) groups is 1. The third-order valence-electron chi connectivity index (χ3n) is 3.80. The van der Waals surface area contributed by atoms with Gasteiger partial charge in [-0.3, -0.25) is 4.79 Å². The normalized spacial score (nSPS) is 20.0. The molecule has 1 N–H and O–H groups in total. The van der Waals surface area contributed by atoms with E-state index in [-0.39, 0.29) is 12.3 Å². The molecule has 90 valence electrons. The second-order valence-corrected chi connectivity index (χ2v) is 5.02. The maximum Gasteiger partial charge on any atom is 0.303 e. The highest BCUT2D eigenvalue weighted by Gasteiger charge is 2.35. The number of ether oxygens (including phenoxy) is 1. The maximum atomic E-state index is 11.0. The van der Waals surface area contributed by atoms with E-state index in [4.69, 9.17) is 9.84 Å². The SMILES string of the molecule is O=C(O)CC(c1cccc2c1COC2)C1CC1. The standard InChI is InChI=1S/C14H16O3/c15-14(16)6-12(9-4-5-9)11-3-1-2-10-7-17-8-13(10)11/h1-3,9,12H,4-8H2,(H,15,16). The second kappa shape index (κ2) is 4.15. The van der Waals surface area contributed by atoms with Gasteiger partial charge in [0.15, 0.2) is 0 Å². The van der Waals surface area contributed by atoms with E-state index < -0.39 is 5.97 Å². The highest BCUT2D eigenvalue weighted by molar-refractivity contribution is 5.68. The summed E-state index contributed by atoms with van der Waals surface area (Å²) < 4.78 is 5.46. The van der Waals surface area contributed by atoms with Crippen LogP contribution < -0.4 is 0 Å². The molecule has 1 heterocycles. The first kappa shape index (κ1) is 10.8. The number of aliphatic carboxylic acids is 1. The van der Waals surface area contributed by atoms with Crippen LogP contribution in [0.4, 0.5) is 0 Å². The summed E-state index contributed by atoms with van der Waals surface area (Å²) in [6.07, 6.45) is 2.59. The Kier molecular flexibility index (Phi) is 2.63. The van der Waals surface area contributed by atoms with Crippen LogP contribution >= 0.6 is 0 Å². The van der Waals surface area contributed by atoms with Crippen molar-refractivity contribution in [3.8, 4) is 0 Å². The van der Waals surface area contributed by atoms with Gasteiger partial charge in [0.1, 0.15) is 0 Å². The van der Waals surface area contributed by atoms with Crippen LogP contribution in [0.2, 0.25) is 0 Å². The van der Waals surface area contributed by atoms with Crippen molar-refractivity contribution in [2.75, 3.05) is 0 Å². The van der Waals surface area contributed by atoms with E-state index in [1.165, 1.54) is 29.5 Å². The van der Waals surface area contributed by atoms with Crippen molar-refractivity contribution < 1.29 is 14.6 Å². The van der Waals surface area contributed by atoms with Gasteiger partial charge >= 0.3 is 5.97 Å². The van der Waals surface area contributed by atoms with Gasteiger partial charge < -0.3 is 9.84 Å². The molecule has 1 aliphatic carbocycles. The molecule has 3 heteroatoms. The minimum Gasteiger partial charge on any atom is -0.481 e. The van der Waals surface area contributed by atoms with E-state index in [1.54, 1.807) is 0 Å². The van der Waals surface area contributed by atoms with Gasteiger partial charge in [0.2, 0.25) is 0 Å². The zero-order valence-electron chi connectivity index (χ0n) is 9.69. The van der Waals surface area contributed by atoms with Crippen LogP contribution in [0.15, 0.2) is 18.2 Å². The van der Waals surface area contributed by atoms with E-state index in [1.807, 2.05) is 6.07 Å². The Morgan fingerprint density at radius 2 is 2.24 bits per heavy atom. The molecule has 1 unspecified atom stereocenters. The van der Waals surface area contributed by atoms with E-state index in [9.17, 15) is 4.79 Å². The molecule has 0 bridgehead atoms. The summed E-state index contributed by atoms with van der Waals surface area (Å²) in [7, 11) is 0. The first-order valence-electron chi connectivity index (χ1n) is 6.16. The van der Waals surface area contributed by atoms with Gasteiger partial charge in [-0.2, -0.15) is 0 Å². The first-order valence-corrected chi connectivity index (χ1v) is 6.16. The molecule has 0 radical (unpaired) electrons. The summed E-state index contributed by atoms with van der Waals surface area (Å²) in [5.74, 6) is 0.0563. The van der Waals surface area contributed by atoms with Crippen molar-refractivity contribution in [2.24, 2.45) is 5.92 Å². The van der Waals surface area contributed by atoms with Gasteiger partial charge in [-0.15, -0.1) is 0 Å². The number of fused-ring (bicyclic) bond motifs is 1. The van der Waals surface area contributed by atoms with Gasteiger partial charge in [-0.25, -0.2) is 0 Å². The number of hydrogen-bond donors (Lipinski definition) is 1. The second-order valence-electron chi connectivity index (χ2n) is 5.02. The highest BCUT2D eigenvalue weighted by atomic mass is 16.5. The van der Waals surface area contributed by atoms with Crippen molar-refractivity contribution in [3.05, 3.63) is 34.9 Å². The zero-order valence-corrected chi connectivity index (χ0v) is 9.69. The smallest absolute Gasteiger partial charge is 0.303 e. The third kappa shape index (κ3) is 2.07. The molecule has 1 aromatic carbocycles. The van der Waals surface area contributed by atoms with E-state index >= 15 is 0 Å². The quantitative estimate of drug-likeness (QED) is 0.868. The van der Waals surface area contributed by atoms with Crippen LogP contribution in [0.5, 0.6) is 0 Å². The minimum absolute atomic E-state index is 0.184. The van der Waals surface area contributed by atoms with Crippen LogP contribution in [-0.4, -0.2) is 11.1 Å². The Hall–Kier alpha value is -1.35. The summed E-state index contributed by atoms with van der Waals surface area (Å²) in [5.41, 5.74) is 3.69. The van der Waals surface area contributed by atoms with Crippen molar-refractivity contribution in [1.82, 2.24) is 0 Å². The van der Waals surface area contributed by atoms with Gasteiger partial charge in [0.05, 0.1) is 19.6 Å². The van der Waals surface area contributed by atoms with E-state index in [0.29, 0.717) is 19.1 Å². The molecule has 2 aliphatic rings. The Balaban J connectivity index is 1.95. The number of carboxylic acids is 1. The maximum absolute atomic E-state index is 11.0. The molecule has 0 amide bonds. The molecule has 1 atom stereocenters. The molecular formula is C14H16O3. The van der Waals surface area contributed by atoms with Gasteiger partial charge in [-0.05, 0) is 41.4 Å². The Morgan fingerprint density at radius 3 is 2.94 bits per heavy atom. The van der Waals surface area contributed by atoms with Crippen molar-refractivity contribution in [3.63, 3.8) is 0 Å². The van der Waals surface area contributed by atoms with Gasteiger partial charge in [-0.1, -0.05) is 18.2 Å². The summed E-state index contributed by atoms with van der Waals surface area (Å²) in [4.78, 5) is 11.0. The van der Waals surface area contributed by atoms with Gasteiger partial charge in [0.25, 0.3) is 0 Å². The fraction of sp³-hybridized carbons (Fsp3) is 0.500. The lowest BCUT2D eigenvalue weighted by Gasteiger charge is -2.17. The Bertz CT molecular complexity index is 449. The van der Waals surface area contributed by atoms with Crippen LogP contribution in [0.3, 0.4) is 0 Å². The molecule has 0 aromatic heterocycles. The monoisotopic (exact) mass is 232 g/mol. The molecule has 3 rings (SSSR count). The average Bonchev–Trinajstić information content (AvgIpc) is 3.02. The Labute approximate surface area is 100 Å². The predicted octanol–water partition coefficient (Wildman–Crippen LogP) is 2.69. The molecule has 17 heavy (non-hydrogen) atoms. The van der Waals surface area contributed by atoms with Crippen LogP contribution in [-0.2, 0) is 22.7 Å². The third-order valence-corrected chi connectivity index (χ3v) is 3.80. The fourth-order valence-corrected chi connectivity index (χ4v) is 2.79. The number of rotatable bonds is 4. The summed E-state index contributed by atoms with van der Waals surface area (Å²) in [5, 5.41) is 9.04. The molecule has 0 spiro atoms. The molecule has 1 aromatic rings. The minimum atomic E-state index is -0.696. The number of hydrogen-bond acceptors (Lipinski definition) is 2. The molecule has 1 aliphatic heterocycles.